The van der Waals surface area contributed by atoms with Crippen LogP contribution in [0.1, 0.15) is 19.3 Å². The molecule has 1 aromatic carbocycles. The first-order valence-corrected chi connectivity index (χ1v) is 8.35. The fourth-order valence-electron chi connectivity index (χ4n) is 3.64. The minimum atomic E-state index is 0.00989. The molecule has 5 nitrogen and oxygen atoms in total. The summed E-state index contributed by atoms with van der Waals surface area (Å²) in [5.74, 6) is 0.00989. The van der Waals surface area contributed by atoms with Crippen molar-refractivity contribution < 1.29 is 4.79 Å². The van der Waals surface area contributed by atoms with Gasteiger partial charge >= 0.3 is 0 Å². The van der Waals surface area contributed by atoms with Gasteiger partial charge in [0.05, 0.1) is 17.7 Å². The Bertz CT molecular complexity index is 721. The van der Waals surface area contributed by atoms with Gasteiger partial charge in [0.15, 0.2) is 0 Å². The predicted octanol–water partition coefficient (Wildman–Crippen LogP) is 1.90. The van der Waals surface area contributed by atoms with Gasteiger partial charge in [-0.1, -0.05) is 6.07 Å². The van der Waals surface area contributed by atoms with Crippen molar-refractivity contribution in [1.82, 2.24) is 15.6 Å². The minimum Gasteiger partial charge on any atom is -0.324 e. The van der Waals surface area contributed by atoms with Crippen molar-refractivity contribution >= 4 is 22.5 Å². The number of pyridine rings is 1. The molecule has 1 saturated heterocycles. The van der Waals surface area contributed by atoms with Crippen LogP contribution in [0, 0.1) is 5.41 Å². The number of anilines is 1. The van der Waals surface area contributed by atoms with Crippen molar-refractivity contribution in [2.75, 3.05) is 25.0 Å². The van der Waals surface area contributed by atoms with Gasteiger partial charge in [0.1, 0.15) is 0 Å². The zero-order chi connectivity index (χ0) is 15.7. The molecule has 1 amide bonds. The Balaban J connectivity index is 1.40. The van der Waals surface area contributed by atoms with Crippen molar-refractivity contribution in [3.05, 3.63) is 36.5 Å². The number of carbonyl (C=O) groups is 1. The van der Waals surface area contributed by atoms with E-state index in [0.29, 0.717) is 18.0 Å². The lowest BCUT2D eigenvalue weighted by molar-refractivity contribution is -0.115. The number of nitrogens with zero attached hydrogens (tertiary/aromatic N) is 1. The lowest BCUT2D eigenvalue weighted by atomic mass is 9.90. The summed E-state index contributed by atoms with van der Waals surface area (Å²) in [5, 5.41) is 10.9. The quantitative estimate of drug-likeness (QED) is 0.807. The number of benzene rings is 1. The van der Waals surface area contributed by atoms with E-state index >= 15 is 0 Å². The Kier molecular flexibility index (Phi) is 3.75. The second kappa shape index (κ2) is 5.91. The Labute approximate surface area is 135 Å². The molecule has 4 rings (SSSR count). The molecule has 1 saturated carbocycles. The highest BCUT2D eigenvalue weighted by Gasteiger charge is 2.50. The molecule has 1 aromatic heterocycles. The molecule has 5 heteroatoms. The van der Waals surface area contributed by atoms with Gasteiger partial charge in [0, 0.05) is 24.2 Å². The van der Waals surface area contributed by atoms with E-state index in [2.05, 4.69) is 20.9 Å². The SMILES string of the molecule is O=C(CNC1CCNCC12CC2)Nc1cccc2ncccc12. The van der Waals surface area contributed by atoms with Crippen molar-refractivity contribution in [1.29, 1.82) is 0 Å². The molecule has 1 aliphatic heterocycles. The maximum Gasteiger partial charge on any atom is 0.238 e. The zero-order valence-electron chi connectivity index (χ0n) is 13.1. The first kappa shape index (κ1) is 14.6. The summed E-state index contributed by atoms with van der Waals surface area (Å²) in [6.45, 7) is 2.49. The summed E-state index contributed by atoms with van der Waals surface area (Å²) in [6.07, 6.45) is 5.41. The van der Waals surface area contributed by atoms with Gasteiger partial charge in [0.2, 0.25) is 5.91 Å². The second-order valence-corrected chi connectivity index (χ2v) is 6.69. The Morgan fingerprint density at radius 2 is 2.22 bits per heavy atom. The van der Waals surface area contributed by atoms with Crippen LogP contribution in [0.15, 0.2) is 36.5 Å². The van der Waals surface area contributed by atoms with Gasteiger partial charge in [-0.05, 0) is 55.5 Å². The van der Waals surface area contributed by atoms with Crippen LogP contribution >= 0.6 is 0 Å². The smallest absolute Gasteiger partial charge is 0.238 e. The Morgan fingerprint density at radius 1 is 1.30 bits per heavy atom. The number of piperidine rings is 1. The van der Waals surface area contributed by atoms with E-state index in [1.165, 1.54) is 12.8 Å². The third-order valence-corrected chi connectivity index (χ3v) is 5.15. The maximum atomic E-state index is 12.3. The Hall–Kier alpha value is -1.98. The highest BCUT2D eigenvalue weighted by atomic mass is 16.1. The van der Waals surface area contributed by atoms with E-state index in [1.807, 2.05) is 30.3 Å². The van der Waals surface area contributed by atoms with E-state index in [1.54, 1.807) is 6.20 Å². The maximum absolute atomic E-state index is 12.3. The van der Waals surface area contributed by atoms with Crippen molar-refractivity contribution in [3.8, 4) is 0 Å². The molecule has 1 unspecified atom stereocenters. The fourth-order valence-corrected chi connectivity index (χ4v) is 3.64. The van der Waals surface area contributed by atoms with Gasteiger partial charge in [-0.15, -0.1) is 0 Å². The number of carbonyl (C=O) groups excluding carboxylic acids is 1. The number of rotatable bonds is 4. The van der Waals surface area contributed by atoms with Crippen LogP contribution in [-0.4, -0.2) is 36.6 Å². The molecule has 23 heavy (non-hydrogen) atoms. The topological polar surface area (TPSA) is 66.1 Å². The standard InChI is InChI=1S/C18H22N4O/c23-17(11-21-16-6-10-19-12-18(16)7-8-18)22-15-5-1-4-14-13(15)3-2-9-20-14/h1-5,9,16,19,21H,6-8,10-12H2,(H,22,23). The first-order chi connectivity index (χ1) is 11.3. The minimum absolute atomic E-state index is 0.00989. The molecular formula is C18H22N4O. The molecule has 1 atom stereocenters. The van der Waals surface area contributed by atoms with Crippen LogP contribution < -0.4 is 16.0 Å². The van der Waals surface area contributed by atoms with Crippen LogP contribution in [0.25, 0.3) is 10.9 Å². The van der Waals surface area contributed by atoms with Crippen molar-refractivity contribution in [2.45, 2.75) is 25.3 Å². The molecule has 1 aliphatic carbocycles. The summed E-state index contributed by atoms with van der Waals surface area (Å²) in [7, 11) is 0. The zero-order valence-corrected chi connectivity index (χ0v) is 13.1. The van der Waals surface area contributed by atoms with Gasteiger partial charge in [0.25, 0.3) is 0 Å². The predicted molar refractivity (Wildman–Crippen MR) is 91.3 cm³/mol. The molecule has 2 aromatic rings. The number of aromatic nitrogens is 1. The molecule has 120 valence electrons. The number of nitrogens with one attached hydrogen (secondary N) is 3. The summed E-state index contributed by atoms with van der Waals surface area (Å²) in [5.41, 5.74) is 2.13. The molecule has 2 aliphatic rings. The first-order valence-electron chi connectivity index (χ1n) is 8.35. The van der Waals surface area contributed by atoms with Crippen LogP contribution in [0.5, 0.6) is 0 Å². The van der Waals surface area contributed by atoms with E-state index in [4.69, 9.17) is 0 Å². The number of amides is 1. The van der Waals surface area contributed by atoms with E-state index in [9.17, 15) is 4.79 Å². The van der Waals surface area contributed by atoms with Crippen molar-refractivity contribution in [3.63, 3.8) is 0 Å². The summed E-state index contributed by atoms with van der Waals surface area (Å²) in [6, 6.07) is 10.1. The third kappa shape index (κ3) is 2.94. The van der Waals surface area contributed by atoms with Crippen LogP contribution in [0.2, 0.25) is 0 Å². The van der Waals surface area contributed by atoms with E-state index < -0.39 is 0 Å². The van der Waals surface area contributed by atoms with Crippen molar-refractivity contribution in [2.24, 2.45) is 5.41 Å². The van der Waals surface area contributed by atoms with E-state index in [-0.39, 0.29) is 5.91 Å². The molecule has 0 bridgehead atoms. The fraction of sp³-hybridized carbons (Fsp3) is 0.444. The largest absolute Gasteiger partial charge is 0.324 e. The third-order valence-electron chi connectivity index (χ3n) is 5.15. The van der Waals surface area contributed by atoms with Gasteiger partial charge < -0.3 is 16.0 Å². The summed E-state index contributed by atoms with van der Waals surface area (Å²) >= 11 is 0. The molecule has 1 spiro atoms. The highest BCUT2D eigenvalue weighted by Crippen LogP contribution is 2.50. The van der Waals surface area contributed by atoms with Gasteiger partial charge in [-0.25, -0.2) is 0 Å². The molecular weight excluding hydrogens is 288 g/mol. The van der Waals surface area contributed by atoms with Gasteiger partial charge in [-0.3, -0.25) is 9.78 Å². The average molecular weight is 310 g/mol. The number of hydrogen-bond acceptors (Lipinski definition) is 4. The monoisotopic (exact) mass is 310 g/mol. The normalized spacial score (nSPS) is 22.2. The highest BCUT2D eigenvalue weighted by molar-refractivity contribution is 6.01. The lowest BCUT2D eigenvalue weighted by Gasteiger charge is -2.33. The Morgan fingerprint density at radius 3 is 3.09 bits per heavy atom. The van der Waals surface area contributed by atoms with Gasteiger partial charge in [-0.2, -0.15) is 0 Å². The number of fused-ring (bicyclic) bond motifs is 1. The summed E-state index contributed by atoms with van der Waals surface area (Å²) in [4.78, 5) is 16.6. The average Bonchev–Trinajstić information content (AvgIpc) is 3.34. The number of hydrogen-bond donors (Lipinski definition) is 3. The van der Waals surface area contributed by atoms with E-state index in [0.717, 1.165) is 36.1 Å². The second-order valence-electron chi connectivity index (χ2n) is 6.69. The molecule has 2 heterocycles. The molecule has 0 radical (unpaired) electrons. The van der Waals surface area contributed by atoms with Crippen LogP contribution in [-0.2, 0) is 4.79 Å². The van der Waals surface area contributed by atoms with Crippen LogP contribution in [0.3, 0.4) is 0 Å². The molecule has 2 fully saturated rings. The molecule has 3 N–H and O–H groups in total. The lowest BCUT2D eigenvalue weighted by Crippen LogP contribution is -2.50. The van der Waals surface area contributed by atoms with Crippen LogP contribution in [0.4, 0.5) is 5.69 Å². The summed E-state index contributed by atoms with van der Waals surface area (Å²) < 4.78 is 0.